The molecule has 2 atom stereocenters. The van der Waals surface area contributed by atoms with E-state index in [1.165, 1.54) is 36.0 Å². The van der Waals surface area contributed by atoms with E-state index in [1.807, 2.05) is 12.1 Å². The maximum Gasteiger partial charge on any atom is 0.387 e. The summed E-state index contributed by atoms with van der Waals surface area (Å²) in [6, 6.07) is 17.2. The van der Waals surface area contributed by atoms with Gasteiger partial charge in [0.1, 0.15) is 11.0 Å². The molecule has 2 unspecified atom stereocenters. The van der Waals surface area contributed by atoms with E-state index in [1.54, 1.807) is 35.0 Å². The van der Waals surface area contributed by atoms with Crippen LogP contribution in [0.25, 0.3) is 11.4 Å². The molecular formula is C24H15Cl3F2N4O2S. The van der Waals surface area contributed by atoms with Crippen LogP contribution in [-0.2, 0) is 0 Å². The Hall–Kier alpha value is -2.85. The number of benzene rings is 3. The summed E-state index contributed by atoms with van der Waals surface area (Å²) in [7, 11) is 0. The monoisotopic (exact) mass is 566 g/mol. The Bertz CT molecular complexity index is 1420. The molecule has 1 aliphatic heterocycles. The molecule has 0 saturated carbocycles. The third kappa shape index (κ3) is 5.01. The van der Waals surface area contributed by atoms with Crippen LogP contribution in [0.1, 0.15) is 22.0 Å². The number of ether oxygens (including phenoxy) is 1. The fourth-order valence-electron chi connectivity index (χ4n) is 3.79. The summed E-state index contributed by atoms with van der Waals surface area (Å²) < 4.78 is 31.1. The molecule has 1 N–H and O–H groups in total. The first-order chi connectivity index (χ1) is 17.3. The molecular weight excluding hydrogens is 553 g/mol. The molecule has 0 fully saturated rings. The molecule has 0 amide bonds. The molecule has 12 heteroatoms. The molecule has 184 valence electrons. The Morgan fingerprint density at radius 1 is 0.972 bits per heavy atom. The SMILES string of the molecule is O=C(c1ccc(OC(F)F)cc1)C1Sc2nnc(-c3ccc(Cl)cc3Cl)n2NC1c1ccc(Cl)cc1. The zero-order chi connectivity index (χ0) is 25.4. The Kier molecular flexibility index (Phi) is 7.07. The summed E-state index contributed by atoms with van der Waals surface area (Å²) >= 11 is 19.8. The number of rotatable bonds is 6. The lowest BCUT2D eigenvalue weighted by Gasteiger charge is -2.33. The first-order valence-electron chi connectivity index (χ1n) is 10.5. The average molecular weight is 568 g/mol. The van der Waals surface area contributed by atoms with E-state index in [9.17, 15) is 13.6 Å². The van der Waals surface area contributed by atoms with Gasteiger partial charge >= 0.3 is 6.61 Å². The molecule has 3 aromatic carbocycles. The molecule has 0 saturated heterocycles. The summed E-state index contributed by atoms with van der Waals surface area (Å²) in [6.07, 6.45) is 0. The van der Waals surface area contributed by atoms with E-state index in [2.05, 4.69) is 20.4 Å². The van der Waals surface area contributed by atoms with Crippen LogP contribution in [0.5, 0.6) is 5.75 Å². The second-order valence-corrected chi connectivity index (χ2v) is 10.1. The van der Waals surface area contributed by atoms with Crippen molar-refractivity contribution >= 4 is 52.3 Å². The van der Waals surface area contributed by atoms with Gasteiger partial charge in [-0.25, -0.2) is 4.68 Å². The number of aromatic nitrogens is 3. The zero-order valence-electron chi connectivity index (χ0n) is 18.0. The normalized spacial score (nSPS) is 16.9. The van der Waals surface area contributed by atoms with Crippen molar-refractivity contribution in [3.63, 3.8) is 0 Å². The van der Waals surface area contributed by atoms with E-state index in [0.29, 0.717) is 37.2 Å². The van der Waals surface area contributed by atoms with Gasteiger partial charge in [0.15, 0.2) is 11.6 Å². The van der Waals surface area contributed by atoms with Crippen LogP contribution < -0.4 is 10.2 Å². The number of halogens is 5. The number of carbonyl (C=O) groups excluding carboxylic acids is 1. The lowest BCUT2D eigenvalue weighted by atomic mass is 9.97. The van der Waals surface area contributed by atoms with Crippen molar-refractivity contribution in [1.29, 1.82) is 0 Å². The van der Waals surface area contributed by atoms with Gasteiger partial charge in [-0.05, 0) is 60.2 Å². The molecule has 4 aromatic rings. The standard InChI is InChI=1S/C24H15Cl3F2N4O2S/c25-14-5-1-12(2-6-14)19-21(20(34)13-3-8-16(9-4-13)35-23(28)29)36-24-31-30-22(33(24)32-19)17-10-7-15(26)11-18(17)27/h1-11,19,21,23,32H. The molecule has 6 nitrogen and oxygen atoms in total. The van der Waals surface area contributed by atoms with E-state index < -0.39 is 17.9 Å². The largest absolute Gasteiger partial charge is 0.435 e. The molecule has 0 aliphatic carbocycles. The molecule has 5 rings (SSSR count). The molecule has 0 bridgehead atoms. The quantitative estimate of drug-likeness (QED) is 0.250. The predicted octanol–water partition coefficient (Wildman–Crippen LogP) is 7.15. The third-order valence-electron chi connectivity index (χ3n) is 5.46. The Labute approximate surface area is 223 Å². The minimum absolute atomic E-state index is 0.0329. The number of fused-ring (bicyclic) bond motifs is 1. The second-order valence-electron chi connectivity index (χ2n) is 7.73. The summed E-state index contributed by atoms with van der Waals surface area (Å²) in [5, 5.41) is 9.79. The van der Waals surface area contributed by atoms with Crippen molar-refractivity contribution in [2.24, 2.45) is 0 Å². The fourth-order valence-corrected chi connectivity index (χ4v) is 5.56. The summed E-state index contributed by atoms with van der Waals surface area (Å²) in [5.74, 6) is 0.198. The van der Waals surface area contributed by atoms with Crippen LogP contribution in [0.3, 0.4) is 0 Å². The van der Waals surface area contributed by atoms with Gasteiger partial charge in [0.2, 0.25) is 5.16 Å². The van der Waals surface area contributed by atoms with Gasteiger partial charge in [-0.2, -0.15) is 8.78 Å². The molecule has 36 heavy (non-hydrogen) atoms. The predicted molar refractivity (Wildman–Crippen MR) is 136 cm³/mol. The number of hydrogen-bond donors (Lipinski definition) is 1. The van der Waals surface area contributed by atoms with E-state index >= 15 is 0 Å². The highest BCUT2D eigenvalue weighted by molar-refractivity contribution is 8.00. The van der Waals surface area contributed by atoms with Crippen LogP contribution in [0.4, 0.5) is 8.78 Å². The average Bonchev–Trinajstić information content (AvgIpc) is 3.26. The van der Waals surface area contributed by atoms with Crippen LogP contribution in [0.2, 0.25) is 15.1 Å². The molecule has 1 aromatic heterocycles. The van der Waals surface area contributed by atoms with Crippen molar-refractivity contribution in [1.82, 2.24) is 14.9 Å². The number of nitrogens with zero attached hydrogens (tertiary/aromatic N) is 3. The number of carbonyl (C=O) groups is 1. The van der Waals surface area contributed by atoms with Crippen molar-refractivity contribution in [2.45, 2.75) is 23.1 Å². The molecule has 1 aliphatic rings. The van der Waals surface area contributed by atoms with Crippen molar-refractivity contribution in [2.75, 3.05) is 5.43 Å². The summed E-state index contributed by atoms with van der Waals surface area (Å²) in [4.78, 5) is 13.6. The van der Waals surface area contributed by atoms with E-state index in [0.717, 1.165) is 5.56 Å². The van der Waals surface area contributed by atoms with Gasteiger partial charge in [-0.1, -0.05) is 58.7 Å². The fraction of sp³-hybridized carbons (Fsp3) is 0.125. The maximum atomic E-state index is 13.6. The number of thioether (sulfide) groups is 1. The first kappa shape index (κ1) is 24.8. The number of Topliss-reactive ketones (excluding diaryl/α,β-unsaturated/α-hetero) is 1. The van der Waals surface area contributed by atoms with Gasteiger partial charge in [0.25, 0.3) is 0 Å². The van der Waals surface area contributed by atoms with Gasteiger partial charge < -0.3 is 10.2 Å². The maximum absolute atomic E-state index is 13.6. The minimum atomic E-state index is -2.95. The Balaban J connectivity index is 1.53. The van der Waals surface area contributed by atoms with Crippen LogP contribution in [0, 0.1) is 0 Å². The summed E-state index contributed by atoms with van der Waals surface area (Å²) in [6.45, 7) is -2.95. The van der Waals surface area contributed by atoms with Crippen molar-refractivity contribution in [3.8, 4) is 17.1 Å². The Morgan fingerprint density at radius 2 is 1.67 bits per heavy atom. The summed E-state index contributed by atoms with van der Waals surface area (Å²) in [5.41, 5.74) is 5.10. The van der Waals surface area contributed by atoms with Gasteiger partial charge in [-0.15, -0.1) is 10.2 Å². The highest BCUT2D eigenvalue weighted by Gasteiger charge is 2.38. The lowest BCUT2D eigenvalue weighted by Crippen LogP contribution is -2.39. The number of nitrogens with one attached hydrogen (secondary N) is 1. The highest BCUT2D eigenvalue weighted by atomic mass is 35.5. The van der Waals surface area contributed by atoms with Crippen molar-refractivity contribution in [3.05, 3.63) is 92.9 Å². The van der Waals surface area contributed by atoms with Crippen molar-refractivity contribution < 1.29 is 18.3 Å². The third-order valence-corrected chi connectivity index (χ3v) is 7.48. The zero-order valence-corrected chi connectivity index (χ0v) is 21.1. The van der Waals surface area contributed by atoms with Crippen LogP contribution in [0.15, 0.2) is 71.9 Å². The number of hydrogen-bond acceptors (Lipinski definition) is 6. The minimum Gasteiger partial charge on any atom is -0.435 e. The van der Waals surface area contributed by atoms with E-state index in [4.69, 9.17) is 34.8 Å². The highest BCUT2D eigenvalue weighted by Crippen LogP contribution is 2.41. The van der Waals surface area contributed by atoms with Crippen LogP contribution in [-0.4, -0.2) is 32.5 Å². The van der Waals surface area contributed by atoms with Crippen LogP contribution >= 0.6 is 46.6 Å². The second kappa shape index (κ2) is 10.3. The van der Waals surface area contributed by atoms with E-state index in [-0.39, 0.29) is 11.5 Å². The molecule has 2 heterocycles. The number of ketones is 1. The van der Waals surface area contributed by atoms with Gasteiger partial charge in [0.05, 0.1) is 11.1 Å². The van der Waals surface area contributed by atoms with Gasteiger partial charge in [0, 0.05) is 21.2 Å². The number of alkyl halides is 2. The Morgan fingerprint density at radius 3 is 2.33 bits per heavy atom. The lowest BCUT2D eigenvalue weighted by molar-refractivity contribution is -0.0498. The molecule has 0 spiro atoms. The topological polar surface area (TPSA) is 69.0 Å². The first-order valence-corrected chi connectivity index (χ1v) is 12.5. The smallest absolute Gasteiger partial charge is 0.387 e. The van der Waals surface area contributed by atoms with Gasteiger partial charge in [-0.3, -0.25) is 4.79 Å². The molecule has 0 radical (unpaired) electrons.